The summed E-state index contributed by atoms with van der Waals surface area (Å²) in [6.07, 6.45) is 0.948. The molecule has 0 radical (unpaired) electrons. The number of hydrogen-bond donors (Lipinski definition) is 1. The molecule has 0 aliphatic carbocycles. The number of aryl methyl sites for hydroxylation is 1. The van der Waals surface area contributed by atoms with Crippen LogP contribution in [0.25, 0.3) is 0 Å². The van der Waals surface area contributed by atoms with E-state index in [-0.39, 0.29) is 0 Å². The van der Waals surface area contributed by atoms with Gasteiger partial charge in [0.05, 0.1) is 5.56 Å². The van der Waals surface area contributed by atoms with Crippen molar-refractivity contribution in [1.82, 2.24) is 4.98 Å². The number of nitrogens with zero attached hydrogens (tertiary/aromatic N) is 1. The Morgan fingerprint density at radius 2 is 2.24 bits per heavy atom. The highest BCUT2D eigenvalue weighted by atomic mass is 32.2. The van der Waals surface area contributed by atoms with Crippen LogP contribution in [0.5, 0.6) is 0 Å². The normalized spacial score (nSPS) is 17.0. The molecule has 2 rings (SSSR count). The third kappa shape index (κ3) is 2.03. The highest BCUT2D eigenvalue weighted by molar-refractivity contribution is 8.00. The molecule has 0 saturated heterocycles. The van der Waals surface area contributed by atoms with Gasteiger partial charge in [-0.1, -0.05) is 30.5 Å². The Morgan fingerprint density at radius 1 is 1.53 bits per heavy atom. The van der Waals surface area contributed by atoms with Crippen molar-refractivity contribution < 1.29 is 4.79 Å². The summed E-state index contributed by atoms with van der Waals surface area (Å²) in [4.78, 5) is 15.7. The number of pyridine rings is 1. The van der Waals surface area contributed by atoms with Gasteiger partial charge in [-0.15, -0.1) is 0 Å². The van der Waals surface area contributed by atoms with Gasteiger partial charge >= 0.3 is 0 Å². The molecule has 88 valence electrons. The van der Waals surface area contributed by atoms with Gasteiger partial charge < -0.3 is 5.73 Å². The fourth-order valence-corrected chi connectivity index (χ4v) is 2.99. The van der Waals surface area contributed by atoms with E-state index in [2.05, 4.69) is 30.7 Å². The van der Waals surface area contributed by atoms with Gasteiger partial charge in [0.25, 0.3) is 0 Å². The molecule has 17 heavy (non-hydrogen) atoms. The second-order valence-corrected chi connectivity index (χ2v) is 5.10. The molecule has 0 spiro atoms. The number of rotatable bonds is 2. The van der Waals surface area contributed by atoms with E-state index in [1.807, 2.05) is 6.92 Å². The molecular formula is C13H14N2OS. The molecule has 2 N–H and O–H groups in total. The Morgan fingerprint density at radius 3 is 2.82 bits per heavy atom. The molecule has 1 unspecified atom stereocenters. The van der Waals surface area contributed by atoms with Crippen molar-refractivity contribution in [3.8, 4) is 11.8 Å². The molecule has 4 heteroatoms. The lowest BCUT2D eigenvalue weighted by molar-refractivity contribution is -0.116. The molecule has 1 atom stereocenters. The first-order chi connectivity index (χ1) is 8.04. The summed E-state index contributed by atoms with van der Waals surface area (Å²) in [7, 11) is 0. The smallest absolute Gasteiger partial charge is 0.243 e. The molecule has 0 fully saturated rings. The minimum atomic E-state index is -0.471. The van der Waals surface area contributed by atoms with Crippen molar-refractivity contribution in [3.05, 3.63) is 22.4 Å². The van der Waals surface area contributed by atoms with Crippen molar-refractivity contribution >= 4 is 17.7 Å². The highest BCUT2D eigenvalue weighted by Gasteiger charge is 2.23. The van der Waals surface area contributed by atoms with E-state index < -0.39 is 11.2 Å². The maximum absolute atomic E-state index is 11.1. The second kappa shape index (κ2) is 4.42. The molecule has 3 nitrogen and oxygen atoms in total. The maximum atomic E-state index is 11.1. The van der Waals surface area contributed by atoms with Crippen LogP contribution in [0.15, 0.2) is 5.03 Å². The van der Waals surface area contributed by atoms with E-state index in [1.165, 1.54) is 22.9 Å². The quantitative estimate of drug-likeness (QED) is 0.806. The van der Waals surface area contributed by atoms with Gasteiger partial charge in [-0.3, -0.25) is 4.79 Å². The predicted molar refractivity (Wildman–Crippen MR) is 68.8 cm³/mol. The molecule has 1 aromatic rings. The SMILES string of the molecule is CCc1c(C)nc2c(c1C)C#CC(C(N)=O)S2. The van der Waals surface area contributed by atoms with Crippen LogP contribution >= 0.6 is 11.8 Å². The Kier molecular flexibility index (Phi) is 3.12. The number of nitrogens with two attached hydrogens (primary N) is 1. The number of aromatic nitrogens is 1. The fraction of sp³-hybridized carbons (Fsp3) is 0.385. The maximum Gasteiger partial charge on any atom is 0.243 e. The van der Waals surface area contributed by atoms with Gasteiger partial charge in [0.2, 0.25) is 5.91 Å². The summed E-state index contributed by atoms with van der Waals surface area (Å²) in [6.45, 7) is 6.17. The fourth-order valence-electron chi connectivity index (χ4n) is 2.02. The lowest BCUT2D eigenvalue weighted by Gasteiger charge is -2.17. The van der Waals surface area contributed by atoms with E-state index in [9.17, 15) is 4.79 Å². The van der Waals surface area contributed by atoms with Gasteiger partial charge in [0.1, 0.15) is 5.03 Å². The molecule has 0 aromatic carbocycles. The van der Waals surface area contributed by atoms with Gasteiger partial charge in [-0.25, -0.2) is 4.98 Å². The van der Waals surface area contributed by atoms with Crippen LogP contribution in [0.3, 0.4) is 0 Å². The summed E-state index contributed by atoms with van der Waals surface area (Å²) in [5, 5.41) is 0.362. The van der Waals surface area contributed by atoms with Crippen molar-refractivity contribution in [2.75, 3.05) is 0 Å². The lowest BCUT2D eigenvalue weighted by atomic mass is 10.0. The minimum absolute atomic E-state index is 0.398. The van der Waals surface area contributed by atoms with E-state index >= 15 is 0 Å². The Balaban J connectivity index is 2.56. The molecule has 1 aliphatic rings. The first-order valence-corrected chi connectivity index (χ1v) is 6.40. The zero-order chi connectivity index (χ0) is 12.6. The van der Waals surface area contributed by atoms with Gasteiger partial charge in [-0.05, 0) is 31.4 Å². The van der Waals surface area contributed by atoms with Gasteiger partial charge in [-0.2, -0.15) is 0 Å². The summed E-state index contributed by atoms with van der Waals surface area (Å²) >= 11 is 1.35. The molecule has 1 amide bonds. The lowest BCUT2D eigenvalue weighted by Crippen LogP contribution is -2.26. The van der Waals surface area contributed by atoms with Gasteiger partial charge in [0.15, 0.2) is 5.25 Å². The average Bonchev–Trinajstić information content (AvgIpc) is 2.28. The number of carbonyl (C=O) groups excluding carboxylic acids is 1. The summed E-state index contributed by atoms with van der Waals surface area (Å²) < 4.78 is 0. The minimum Gasteiger partial charge on any atom is -0.368 e. The van der Waals surface area contributed by atoms with Crippen LogP contribution in [0, 0.1) is 25.7 Å². The predicted octanol–water partition coefficient (Wildman–Crippen LogP) is 1.57. The standard InChI is InChI=1S/C13H14N2OS/c1-4-9-7(2)10-5-6-11(12(14)16)17-13(10)15-8(9)3/h11H,4H2,1-3H3,(H2,14,16). The van der Waals surface area contributed by atoms with Crippen LogP contribution in [0.1, 0.15) is 29.3 Å². The Hall–Kier alpha value is -1.47. The van der Waals surface area contributed by atoms with E-state index in [1.54, 1.807) is 0 Å². The second-order valence-electron chi connectivity index (χ2n) is 4.00. The third-order valence-electron chi connectivity index (χ3n) is 2.92. The van der Waals surface area contributed by atoms with Crippen LogP contribution in [-0.4, -0.2) is 16.1 Å². The summed E-state index contributed by atoms with van der Waals surface area (Å²) in [6, 6.07) is 0. The van der Waals surface area contributed by atoms with Crippen LogP contribution in [-0.2, 0) is 11.2 Å². The summed E-state index contributed by atoms with van der Waals surface area (Å²) in [5.74, 6) is 5.52. The van der Waals surface area contributed by atoms with E-state index in [0.717, 1.165) is 22.7 Å². The number of hydrogen-bond acceptors (Lipinski definition) is 3. The molecular weight excluding hydrogens is 232 g/mol. The first kappa shape index (κ1) is 12.0. The van der Waals surface area contributed by atoms with Crippen LogP contribution in [0.2, 0.25) is 0 Å². The van der Waals surface area contributed by atoms with Crippen LogP contribution < -0.4 is 5.73 Å². The third-order valence-corrected chi connectivity index (χ3v) is 4.02. The number of primary amides is 1. The molecule has 1 aromatic heterocycles. The zero-order valence-corrected chi connectivity index (χ0v) is 10.9. The van der Waals surface area contributed by atoms with E-state index in [0.29, 0.717) is 0 Å². The molecule has 0 bridgehead atoms. The number of carbonyl (C=O) groups is 1. The largest absolute Gasteiger partial charge is 0.368 e. The van der Waals surface area contributed by atoms with Crippen molar-refractivity contribution in [2.24, 2.45) is 5.73 Å². The number of thioether (sulfide) groups is 1. The monoisotopic (exact) mass is 246 g/mol. The number of fused-ring (bicyclic) bond motifs is 1. The molecule has 1 aliphatic heterocycles. The molecule has 2 heterocycles. The van der Waals surface area contributed by atoms with E-state index in [4.69, 9.17) is 5.73 Å². The topological polar surface area (TPSA) is 56.0 Å². The first-order valence-electron chi connectivity index (χ1n) is 5.52. The van der Waals surface area contributed by atoms with Crippen molar-refractivity contribution in [1.29, 1.82) is 0 Å². The summed E-state index contributed by atoms with van der Waals surface area (Å²) in [5.41, 5.74) is 9.66. The average molecular weight is 246 g/mol. The zero-order valence-electron chi connectivity index (χ0n) is 10.1. The van der Waals surface area contributed by atoms with Crippen molar-refractivity contribution in [2.45, 2.75) is 37.5 Å². The number of amides is 1. The highest BCUT2D eigenvalue weighted by Crippen LogP contribution is 2.32. The van der Waals surface area contributed by atoms with Crippen molar-refractivity contribution in [3.63, 3.8) is 0 Å². The Bertz CT molecular complexity index is 555. The van der Waals surface area contributed by atoms with Crippen LogP contribution in [0.4, 0.5) is 0 Å². The van der Waals surface area contributed by atoms with Gasteiger partial charge in [0, 0.05) is 5.69 Å². The Labute approximate surface area is 105 Å². The molecule has 0 saturated carbocycles.